The summed E-state index contributed by atoms with van der Waals surface area (Å²) in [4.78, 5) is 8.78. The Morgan fingerprint density at radius 1 is 0.846 bits per heavy atom. The Kier molecular flexibility index (Phi) is 7.27. The fourth-order valence-corrected chi connectivity index (χ4v) is 3.85. The number of halogens is 4. The summed E-state index contributed by atoms with van der Waals surface area (Å²) in [5.41, 5.74) is 1.90. The van der Waals surface area contributed by atoms with Crippen molar-refractivity contribution in [3.63, 3.8) is 0 Å². The fourth-order valence-electron chi connectivity index (χ4n) is 2.99. The lowest BCUT2D eigenvalue weighted by molar-refractivity contribution is 0.130. The van der Waals surface area contributed by atoms with E-state index in [0.29, 0.717) is 22.3 Å². The smallest absolute Gasteiger partial charge is 0.151 e. The zero-order chi connectivity index (χ0) is 18.5. The summed E-state index contributed by atoms with van der Waals surface area (Å²) in [6.07, 6.45) is 0. The van der Waals surface area contributed by atoms with Gasteiger partial charge in [0.25, 0.3) is 0 Å². The van der Waals surface area contributed by atoms with Gasteiger partial charge in [-0.3, -0.25) is 9.80 Å². The third kappa shape index (κ3) is 5.16. The molecule has 1 saturated heterocycles. The minimum Gasteiger partial charge on any atom is -0.381 e. The molecule has 0 bridgehead atoms. The Bertz CT molecular complexity index is 707. The van der Waals surface area contributed by atoms with Crippen molar-refractivity contribution in [2.45, 2.75) is 6.54 Å². The molecule has 1 aliphatic heterocycles. The number of benzene rings is 1. The quantitative estimate of drug-likeness (QED) is 0.654. The van der Waals surface area contributed by atoms with Crippen LogP contribution in [0.2, 0.25) is 20.4 Å². The van der Waals surface area contributed by atoms with Gasteiger partial charge in [0, 0.05) is 45.8 Å². The van der Waals surface area contributed by atoms with Gasteiger partial charge in [-0.1, -0.05) is 76.7 Å². The Hall–Kier alpha value is -0.750. The van der Waals surface area contributed by atoms with Crippen molar-refractivity contribution < 1.29 is 0 Å². The number of hydrogen-bond donors (Lipinski definition) is 1. The maximum Gasteiger partial charge on any atom is 0.151 e. The predicted molar refractivity (Wildman–Crippen MR) is 111 cm³/mol. The first-order chi connectivity index (χ1) is 12.5. The van der Waals surface area contributed by atoms with Crippen LogP contribution in [0.5, 0.6) is 0 Å². The third-order valence-corrected chi connectivity index (χ3v) is 5.92. The van der Waals surface area contributed by atoms with Crippen LogP contribution in [0.15, 0.2) is 30.3 Å². The van der Waals surface area contributed by atoms with Crippen LogP contribution in [0.25, 0.3) is 0 Å². The lowest BCUT2D eigenvalue weighted by Crippen LogP contribution is -2.47. The number of anilines is 1. The topological polar surface area (TPSA) is 31.4 Å². The highest BCUT2D eigenvalue weighted by Crippen LogP contribution is 2.38. The first kappa shape index (κ1) is 20.0. The molecular formula is C18H20Cl4N4. The van der Waals surface area contributed by atoms with Crippen LogP contribution in [0.1, 0.15) is 5.56 Å². The average Bonchev–Trinajstić information content (AvgIpc) is 2.65. The largest absolute Gasteiger partial charge is 0.381 e. The summed E-state index contributed by atoms with van der Waals surface area (Å²) in [6, 6.07) is 10.6. The van der Waals surface area contributed by atoms with Gasteiger partial charge in [-0.2, -0.15) is 0 Å². The lowest BCUT2D eigenvalue weighted by Gasteiger charge is -2.34. The number of aromatic nitrogens is 1. The summed E-state index contributed by atoms with van der Waals surface area (Å²) in [5, 5.41) is 4.13. The molecule has 8 heteroatoms. The Morgan fingerprint density at radius 3 is 2.04 bits per heavy atom. The second-order valence-electron chi connectivity index (χ2n) is 6.23. The average molecular weight is 434 g/mol. The summed E-state index contributed by atoms with van der Waals surface area (Å²) >= 11 is 24.3. The van der Waals surface area contributed by atoms with Crippen molar-refractivity contribution in [1.82, 2.24) is 14.8 Å². The SMILES string of the molecule is Clc1nc(Cl)c(Cl)c(NCCN2CCN(Cc3ccccc3)CC2)c1Cl. The number of nitrogens with zero attached hydrogens (tertiary/aromatic N) is 3. The van der Waals surface area contributed by atoms with E-state index in [2.05, 4.69) is 50.4 Å². The highest BCUT2D eigenvalue weighted by Gasteiger charge is 2.18. The number of pyridine rings is 1. The van der Waals surface area contributed by atoms with Crippen molar-refractivity contribution >= 4 is 52.1 Å². The molecule has 2 heterocycles. The Morgan fingerprint density at radius 2 is 1.42 bits per heavy atom. The molecule has 1 aromatic carbocycles. The van der Waals surface area contributed by atoms with Gasteiger partial charge < -0.3 is 5.32 Å². The van der Waals surface area contributed by atoms with Gasteiger partial charge in [-0.25, -0.2) is 4.98 Å². The van der Waals surface area contributed by atoms with E-state index in [4.69, 9.17) is 46.4 Å². The molecule has 1 aliphatic rings. The van der Waals surface area contributed by atoms with Crippen molar-refractivity contribution in [2.24, 2.45) is 0 Å². The number of piperazine rings is 1. The summed E-state index contributed by atoms with van der Waals surface area (Å²) in [6.45, 7) is 6.79. The number of rotatable bonds is 6. The van der Waals surface area contributed by atoms with Crippen molar-refractivity contribution in [3.05, 3.63) is 56.2 Å². The van der Waals surface area contributed by atoms with Crippen LogP contribution in [0, 0.1) is 0 Å². The van der Waals surface area contributed by atoms with Crippen LogP contribution in [-0.2, 0) is 6.54 Å². The maximum atomic E-state index is 6.17. The monoisotopic (exact) mass is 432 g/mol. The third-order valence-electron chi connectivity index (χ3n) is 4.44. The fraction of sp³-hybridized carbons (Fsp3) is 0.389. The molecule has 0 amide bonds. The van der Waals surface area contributed by atoms with Crippen molar-refractivity contribution in [2.75, 3.05) is 44.6 Å². The lowest BCUT2D eigenvalue weighted by atomic mass is 10.2. The van der Waals surface area contributed by atoms with E-state index in [0.717, 1.165) is 39.3 Å². The highest BCUT2D eigenvalue weighted by molar-refractivity contribution is 6.48. The van der Waals surface area contributed by atoms with Gasteiger partial charge in [-0.15, -0.1) is 0 Å². The standard InChI is InChI=1S/C18H20Cl4N4/c19-14-16(15(20)18(22)24-17(14)21)23-6-7-25-8-10-26(11-9-25)12-13-4-2-1-3-5-13/h1-5H,6-12H2,(H,23,24). The molecule has 0 saturated carbocycles. The molecule has 0 aliphatic carbocycles. The Labute approximate surface area is 174 Å². The minimum absolute atomic E-state index is 0.151. The number of nitrogens with one attached hydrogen (secondary N) is 1. The summed E-state index contributed by atoms with van der Waals surface area (Å²) in [5.74, 6) is 0. The van der Waals surface area contributed by atoms with Gasteiger partial charge in [0.2, 0.25) is 0 Å². The zero-order valence-corrected chi connectivity index (χ0v) is 17.2. The minimum atomic E-state index is 0.151. The van der Waals surface area contributed by atoms with E-state index in [-0.39, 0.29) is 10.3 Å². The second kappa shape index (κ2) is 9.45. The van der Waals surface area contributed by atoms with Gasteiger partial charge in [0.05, 0.1) is 5.69 Å². The van der Waals surface area contributed by atoms with E-state index < -0.39 is 0 Å². The van der Waals surface area contributed by atoms with Crippen LogP contribution in [-0.4, -0.2) is 54.1 Å². The first-order valence-electron chi connectivity index (χ1n) is 8.47. The first-order valence-corrected chi connectivity index (χ1v) is 9.98. The number of hydrogen-bond acceptors (Lipinski definition) is 4. The molecular weight excluding hydrogens is 414 g/mol. The highest BCUT2D eigenvalue weighted by atomic mass is 35.5. The van der Waals surface area contributed by atoms with Crippen molar-refractivity contribution in [3.8, 4) is 0 Å². The molecule has 2 aromatic rings. The molecule has 1 fully saturated rings. The Balaban J connectivity index is 1.45. The van der Waals surface area contributed by atoms with E-state index in [1.165, 1.54) is 5.56 Å². The zero-order valence-electron chi connectivity index (χ0n) is 14.2. The van der Waals surface area contributed by atoms with E-state index in [1.54, 1.807) is 0 Å². The summed E-state index contributed by atoms with van der Waals surface area (Å²) in [7, 11) is 0. The van der Waals surface area contributed by atoms with Gasteiger partial charge in [0.1, 0.15) is 10.0 Å². The van der Waals surface area contributed by atoms with E-state index >= 15 is 0 Å². The molecule has 1 aromatic heterocycles. The summed E-state index contributed by atoms with van der Waals surface area (Å²) < 4.78 is 0. The second-order valence-corrected chi connectivity index (χ2v) is 7.70. The molecule has 0 radical (unpaired) electrons. The van der Waals surface area contributed by atoms with Gasteiger partial charge in [-0.05, 0) is 5.56 Å². The van der Waals surface area contributed by atoms with E-state index in [1.807, 2.05) is 0 Å². The molecule has 0 unspecified atom stereocenters. The maximum absolute atomic E-state index is 6.17. The molecule has 3 rings (SSSR count). The van der Waals surface area contributed by atoms with Crippen LogP contribution >= 0.6 is 46.4 Å². The van der Waals surface area contributed by atoms with Crippen molar-refractivity contribution in [1.29, 1.82) is 0 Å². The van der Waals surface area contributed by atoms with Crippen LogP contribution in [0.3, 0.4) is 0 Å². The molecule has 0 spiro atoms. The molecule has 140 valence electrons. The van der Waals surface area contributed by atoms with Crippen LogP contribution < -0.4 is 5.32 Å². The molecule has 4 nitrogen and oxygen atoms in total. The van der Waals surface area contributed by atoms with E-state index in [9.17, 15) is 0 Å². The van der Waals surface area contributed by atoms with Gasteiger partial charge >= 0.3 is 0 Å². The molecule has 0 atom stereocenters. The predicted octanol–water partition coefficient (Wildman–Crippen LogP) is 4.92. The normalized spacial score (nSPS) is 16.0. The molecule has 26 heavy (non-hydrogen) atoms. The molecule has 1 N–H and O–H groups in total. The van der Waals surface area contributed by atoms with Crippen LogP contribution in [0.4, 0.5) is 5.69 Å². The van der Waals surface area contributed by atoms with Gasteiger partial charge in [0.15, 0.2) is 10.3 Å².